The smallest absolute Gasteiger partial charge is 0.265 e. The van der Waals surface area contributed by atoms with Gasteiger partial charge in [-0.15, -0.1) is 11.3 Å². The minimum atomic E-state index is -3.80. The molecule has 8 heteroatoms. The number of nitrogens with one attached hydrogen (secondary N) is 1. The van der Waals surface area contributed by atoms with Crippen LogP contribution in [-0.4, -0.2) is 18.2 Å². The molecule has 0 atom stereocenters. The number of halogens is 1. The van der Waals surface area contributed by atoms with Crippen LogP contribution in [0.3, 0.4) is 0 Å². The van der Waals surface area contributed by atoms with Crippen LogP contribution in [0.1, 0.15) is 25.5 Å². The minimum absolute atomic E-state index is 0.0523. The number of aromatic nitrogens is 2. The molecule has 3 aromatic rings. The number of benzene rings is 1. The number of hydrogen-bond donors (Lipinski definition) is 1. The lowest BCUT2D eigenvalue weighted by molar-refractivity contribution is 0.532. The van der Waals surface area contributed by atoms with Gasteiger partial charge in [-0.3, -0.25) is 9.40 Å². The van der Waals surface area contributed by atoms with E-state index >= 15 is 0 Å². The summed E-state index contributed by atoms with van der Waals surface area (Å²) in [4.78, 5) is 0.960. The molecule has 0 spiro atoms. The van der Waals surface area contributed by atoms with Crippen molar-refractivity contribution in [3.05, 3.63) is 52.5 Å². The monoisotopic (exact) mass is 395 g/mol. The molecule has 5 nitrogen and oxygen atoms in total. The van der Waals surface area contributed by atoms with Crippen molar-refractivity contribution in [2.45, 2.75) is 31.7 Å². The lowest BCUT2D eigenvalue weighted by atomic mass is 10.2. The molecule has 0 aliphatic heterocycles. The largest absolute Gasteiger partial charge is 0.279 e. The van der Waals surface area contributed by atoms with Gasteiger partial charge in [0.15, 0.2) is 0 Å². The summed E-state index contributed by atoms with van der Waals surface area (Å²) in [6, 6.07) is 8.86. The highest BCUT2D eigenvalue weighted by atomic mass is 35.5. The van der Waals surface area contributed by atoms with E-state index in [2.05, 4.69) is 9.82 Å². The second-order valence-corrected chi connectivity index (χ2v) is 8.97. The first-order chi connectivity index (χ1) is 11.8. The van der Waals surface area contributed by atoms with Gasteiger partial charge in [0.25, 0.3) is 10.0 Å². The summed E-state index contributed by atoms with van der Waals surface area (Å²) < 4.78 is 30.1. The van der Waals surface area contributed by atoms with Crippen LogP contribution in [0.5, 0.6) is 0 Å². The van der Waals surface area contributed by atoms with Crippen LogP contribution in [0.15, 0.2) is 46.8 Å². The highest BCUT2D eigenvalue weighted by Crippen LogP contribution is 2.32. The van der Waals surface area contributed by atoms with Gasteiger partial charge in [0.05, 0.1) is 10.6 Å². The predicted octanol–water partition coefficient (Wildman–Crippen LogP) is 4.96. The van der Waals surface area contributed by atoms with E-state index in [1.807, 2.05) is 38.3 Å². The van der Waals surface area contributed by atoms with E-state index in [1.54, 1.807) is 29.1 Å². The molecule has 0 radical (unpaired) electrons. The zero-order chi connectivity index (χ0) is 18.2. The summed E-state index contributed by atoms with van der Waals surface area (Å²) in [5.74, 6) is 0. The fourth-order valence-corrected chi connectivity index (χ4v) is 4.45. The van der Waals surface area contributed by atoms with Gasteiger partial charge in [-0.1, -0.05) is 23.7 Å². The van der Waals surface area contributed by atoms with Crippen molar-refractivity contribution >= 4 is 38.6 Å². The molecule has 0 saturated carbocycles. The predicted molar refractivity (Wildman–Crippen MR) is 103 cm³/mol. The maximum Gasteiger partial charge on any atom is 0.265 e. The number of anilines is 1. The average Bonchev–Trinajstić information content (AvgIpc) is 3.19. The molecule has 0 amide bonds. The molecule has 132 valence electrons. The van der Waals surface area contributed by atoms with Gasteiger partial charge in [-0.2, -0.15) is 5.10 Å². The number of sulfonamides is 1. The first-order valence-electron chi connectivity index (χ1n) is 7.70. The molecule has 0 unspecified atom stereocenters. The standard InChI is InChI=1S/C17H18ClN3O2S2/c1-11(2)21-10-16(17(19-21)15-5-4-8-24-15)25(22,23)20-13-7-6-12(3)14(18)9-13/h4-11,20H,1-3H3. The molecule has 1 aromatic carbocycles. The van der Waals surface area contributed by atoms with Crippen molar-refractivity contribution in [3.8, 4) is 10.6 Å². The Morgan fingerprint density at radius 3 is 2.64 bits per heavy atom. The van der Waals surface area contributed by atoms with Gasteiger partial charge < -0.3 is 0 Å². The number of nitrogens with zero attached hydrogens (tertiary/aromatic N) is 2. The van der Waals surface area contributed by atoms with E-state index in [-0.39, 0.29) is 10.9 Å². The van der Waals surface area contributed by atoms with Crippen LogP contribution < -0.4 is 4.72 Å². The fourth-order valence-electron chi connectivity index (χ4n) is 2.29. The van der Waals surface area contributed by atoms with Crippen molar-refractivity contribution in [2.75, 3.05) is 4.72 Å². The van der Waals surface area contributed by atoms with Crippen LogP contribution in [0, 0.1) is 6.92 Å². The number of rotatable bonds is 5. The van der Waals surface area contributed by atoms with Crippen molar-refractivity contribution in [3.63, 3.8) is 0 Å². The molecule has 25 heavy (non-hydrogen) atoms. The van der Waals surface area contributed by atoms with Crippen molar-refractivity contribution in [2.24, 2.45) is 0 Å². The Hall–Kier alpha value is -1.83. The molecule has 2 heterocycles. The average molecular weight is 396 g/mol. The third kappa shape index (κ3) is 3.73. The van der Waals surface area contributed by atoms with Gasteiger partial charge in [-0.25, -0.2) is 8.42 Å². The maximum atomic E-state index is 12.9. The van der Waals surface area contributed by atoms with Crippen LogP contribution in [-0.2, 0) is 10.0 Å². The SMILES string of the molecule is Cc1ccc(NS(=O)(=O)c2cn(C(C)C)nc2-c2cccs2)cc1Cl. The molecule has 0 fully saturated rings. The second kappa shape index (κ2) is 6.82. The summed E-state index contributed by atoms with van der Waals surface area (Å²) >= 11 is 7.55. The molecule has 2 aromatic heterocycles. The molecule has 0 aliphatic rings. The van der Waals surface area contributed by atoms with Gasteiger partial charge in [0.1, 0.15) is 10.6 Å². The summed E-state index contributed by atoms with van der Waals surface area (Å²) in [6.45, 7) is 5.77. The quantitative estimate of drug-likeness (QED) is 0.664. The zero-order valence-electron chi connectivity index (χ0n) is 14.0. The fraction of sp³-hybridized carbons (Fsp3) is 0.235. The van der Waals surface area contributed by atoms with Gasteiger partial charge in [-0.05, 0) is 49.9 Å². The Balaban J connectivity index is 2.05. The number of hydrogen-bond acceptors (Lipinski definition) is 4. The Labute approximate surface area is 156 Å². The highest BCUT2D eigenvalue weighted by Gasteiger charge is 2.25. The van der Waals surface area contributed by atoms with Gasteiger partial charge in [0.2, 0.25) is 0 Å². The van der Waals surface area contributed by atoms with Crippen LogP contribution >= 0.6 is 22.9 Å². The van der Waals surface area contributed by atoms with E-state index in [9.17, 15) is 8.42 Å². The van der Waals surface area contributed by atoms with Crippen LogP contribution in [0.4, 0.5) is 5.69 Å². The van der Waals surface area contributed by atoms with E-state index in [4.69, 9.17) is 11.6 Å². The third-order valence-corrected chi connectivity index (χ3v) is 6.36. The topological polar surface area (TPSA) is 64.0 Å². The summed E-state index contributed by atoms with van der Waals surface area (Å²) in [5.41, 5.74) is 1.76. The van der Waals surface area contributed by atoms with Crippen LogP contribution in [0.2, 0.25) is 5.02 Å². The first-order valence-corrected chi connectivity index (χ1v) is 10.4. The number of aryl methyl sites for hydroxylation is 1. The normalized spacial score (nSPS) is 11.9. The summed E-state index contributed by atoms with van der Waals surface area (Å²) in [5, 5.41) is 6.88. The summed E-state index contributed by atoms with van der Waals surface area (Å²) in [6.07, 6.45) is 1.57. The third-order valence-electron chi connectivity index (χ3n) is 3.70. The molecule has 0 saturated heterocycles. The van der Waals surface area contributed by atoms with Crippen molar-refractivity contribution < 1.29 is 8.42 Å². The highest BCUT2D eigenvalue weighted by molar-refractivity contribution is 7.92. The van der Waals surface area contributed by atoms with E-state index in [0.717, 1.165) is 10.4 Å². The Bertz CT molecular complexity index is 993. The molecule has 0 bridgehead atoms. The van der Waals surface area contributed by atoms with E-state index in [0.29, 0.717) is 16.4 Å². The van der Waals surface area contributed by atoms with Crippen molar-refractivity contribution in [1.29, 1.82) is 0 Å². The Morgan fingerprint density at radius 2 is 2.04 bits per heavy atom. The van der Waals surface area contributed by atoms with Gasteiger partial charge in [0, 0.05) is 17.3 Å². The molecule has 3 rings (SSSR count). The summed E-state index contributed by atoms with van der Waals surface area (Å²) in [7, 11) is -3.80. The minimum Gasteiger partial charge on any atom is -0.279 e. The van der Waals surface area contributed by atoms with Gasteiger partial charge >= 0.3 is 0 Å². The molecular formula is C17H18ClN3O2S2. The number of thiophene rings is 1. The van der Waals surface area contributed by atoms with Crippen molar-refractivity contribution in [1.82, 2.24) is 9.78 Å². The lowest BCUT2D eigenvalue weighted by Crippen LogP contribution is -2.13. The lowest BCUT2D eigenvalue weighted by Gasteiger charge is -2.09. The zero-order valence-corrected chi connectivity index (χ0v) is 16.4. The molecular weight excluding hydrogens is 378 g/mol. The first kappa shape index (κ1) is 18.0. The Kier molecular flexibility index (Phi) is 4.90. The maximum absolute atomic E-state index is 12.9. The molecule has 1 N–H and O–H groups in total. The second-order valence-electron chi connectivity index (χ2n) is 5.96. The van der Waals surface area contributed by atoms with Crippen LogP contribution in [0.25, 0.3) is 10.6 Å². The molecule has 0 aliphatic carbocycles. The Morgan fingerprint density at radius 1 is 1.28 bits per heavy atom. The van der Waals surface area contributed by atoms with E-state index in [1.165, 1.54) is 11.3 Å². The van der Waals surface area contributed by atoms with E-state index < -0.39 is 10.0 Å².